The first-order valence-electron chi connectivity index (χ1n) is 11.1. The van der Waals surface area contributed by atoms with Gasteiger partial charge in [-0.15, -0.1) is 0 Å². The SMILES string of the molecule is CCN(CC)C(=O)C1=C(C)N=c2s/c(=C/c3cccc([N+](=O)[O-])c3)c(=O)n2[C@H]1c1ccc(Cl)cc1. The molecule has 3 aromatic rings. The van der Waals surface area contributed by atoms with Crippen LogP contribution in [0.3, 0.4) is 0 Å². The van der Waals surface area contributed by atoms with Gasteiger partial charge in [-0.05, 0) is 50.1 Å². The molecular weight excluding hydrogens is 488 g/mol. The monoisotopic (exact) mass is 510 g/mol. The zero-order chi connectivity index (χ0) is 25.3. The third-order valence-corrected chi connectivity index (χ3v) is 7.10. The van der Waals surface area contributed by atoms with Gasteiger partial charge in [0.2, 0.25) is 0 Å². The Hall–Kier alpha value is -3.56. The fourth-order valence-electron chi connectivity index (χ4n) is 4.12. The van der Waals surface area contributed by atoms with E-state index in [-0.39, 0.29) is 17.2 Å². The lowest BCUT2D eigenvalue weighted by molar-refractivity contribution is -0.384. The van der Waals surface area contributed by atoms with E-state index in [4.69, 9.17) is 11.6 Å². The molecule has 1 aromatic heterocycles. The van der Waals surface area contributed by atoms with E-state index in [1.807, 2.05) is 13.8 Å². The largest absolute Gasteiger partial charge is 0.339 e. The Morgan fingerprint density at radius 1 is 1.23 bits per heavy atom. The molecule has 0 saturated carbocycles. The number of nitro benzene ring substituents is 1. The van der Waals surface area contributed by atoms with Crippen LogP contribution in [0.4, 0.5) is 5.69 Å². The lowest BCUT2D eigenvalue weighted by Crippen LogP contribution is -2.43. The Morgan fingerprint density at radius 3 is 2.54 bits per heavy atom. The molecule has 2 heterocycles. The average molecular weight is 511 g/mol. The molecule has 0 radical (unpaired) electrons. The van der Waals surface area contributed by atoms with Crippen LogP contribution >= 0.6 is 22.9 Å². The minimum absolute atomic E-state index is 0.0616. The molecule has 4 rings (SSSR count). The number of carbonyl (C=O) groups is 1. The highest BCUT2D eigenvalue weighted by molar-refractivity contribution is 7.07. The molecule has 180 valence electrons. The van der Waals surface area contributed by atoms with Crippen LogP contribution in [0, 0.1) is 10.1 Å². The first-order valence-corrected chi connectivity index (χ1v) is 12.3. The number of hydrogen-bond donors (Lipinski definition) is 0. The maximum Gasteiger partial charge on any atom is 0.271 e. The fourth-order valence-corrected chi connectivity index (χ4v) is 5.29. The number of thiazole rings is 1. The zero-order valence-corrected chi connectivity index (χ0v) is 21.0. The molecular formula is C25H23ClN4O4S. The summed E-state index contributed by atoms with van der Waals surface area (Å²) in [5, 5.41) is 11.7. The first kappa shape index (κ1) is 24.6. The summed E-state index contributed by atoms with van der Waals surface area (Å²) in [5.74, 6) is -0.177. The van der Waals surface area contributed by atoms with Crippen molar-refractivity contribution in [3.8, 4) is 0 Å². The average Bonchev–Trinajstić information content (AvgIpc) is 3.14. The van der Waals surface area contributed by atoms with Crippen molar-refractivity contribution in [3.05, 3.63) is 106 Å². The molecule has 1 aliphatic rings. The number of nitro groups is 1. The maximum atomic E-state index is 13.6. The maximum absolute atomic E-state index is 13.6. The second-order valence-electron chi connectivity index (χ2n) is 7.96. The Bertz CT molecular complexity index is 1520. The summed E-state index contributed by atoms with van der Waals surface area (Å²) in [6.45, 7) is 6.64. The van der Waals surface area contributed by atoms with Gasteiger partial charge in [0.15, 0.2) is 4.80 Å². The van der Waals surface area contributed by atoms with E-state index >= 15 is 0 Å². The van der Waals surface area contributed by atoms with Crippen LogP contribution in [0.15, 0.2) is 69.6 Å². The fraction of sp³-hybridized carbons (Fsp3) is 0.240. The highest BCUT2D eigenvalue weighted by atomic mass is 35.5. The van der Waals surface area contributed by atoms with E-state index in [1.54, 1.807) is 54.3 Å². The number of nitrogens with zero attached hydrogens (tertiary/aromatic N) is 4. The summed E-state index contributed by atoms with van der Waals surface area (Å²) in [7, 11) is 0. The van der Waals surface area contributed by atoms with Gasteiger partial charge < -0.3 is 4.90 Å². The Morgan fingerprint density at radius 2 is 1.91 bits per heavy atom. The standard InChI is InChI=1S/C25H23ClN4O4S/c1-4-28(5-2)24(32)21-15(3)27-25-29(22(21)17-9-11-18(26)12-10-17)23(31)20(35-25)14-16-7-6-8-19(13-16)30(33)34/h6-14,22H,4-5H2,1-3H3/b20-14+/t22-/m0/s1. The van der Waals surface area contributed by atoms with Crippen LogP contribution in [0.1, 0.15) is 37.9 Å². The van der Waals surface area contributed by atoms with Gasteiger partial charge in [-0.1, -0.05) is 47.2 Å². The molecule has 1 amide bonds. The number of allylic oxidation sites excluding steroid dienone is 1. The van der Waals surface area contributed by atoms with Gasteiger partial charge in [0.25, 0.3) is 17.2 Å². The van der Waals surface area contributed by atoms with Crippen molar-refractivity contribution in [1.82, 2.24) is 9.47 Å². The number of likely N-dealkylation sites (N-methyl/N-ethyl adjacent to an activating group) is 1. The number of rotatable bonds is 6. The minimum atomic E-state index is -0.677. The summed E-state index contributed by atoms with van der Waals surface area (Å²) in [6.07, 6.45) is 1.61. The van der Waals surface area contributed by atoms with Gasteiger partial charge in [-0.2, -0.15) is 0 Å². The quantitative estimate of drug-likeness (QED) is 0.373. The van der Waals surface area contributed by atoms with Crippen LogP contribution in [0.5, 0.6) is 0 Å². The molecule has 0 unspecified atom stereocenters. The number of halogens is 1. The molecule has 10 heteroatoms. The summed E-state index contributed by atoms with van der Waals surface area (Å²) in [5.41, 5.74) is 1.87. The van der Waals surface area contributed by atoms with Crippen molar-refractivity contribution in [3.63, 3.8) is 0 Å². The smallest absolute Gasteiger partial charge is 0.271 e. The molecule has 0 N–H and O–H groups in total. The normalized spacial score (nSPS) is 15.5. The second kappa shape index (κ2) is 9.97. The predicted molar refractivity (Wildman–Crippen MR) is 136 cm³/mol. The topological polar surface area (TPSA) is 97.8 Å². The van der Waals surface area contributed by atoms with E-state index in [2.05, 4.69) is 4.99 Å². The van der Waals surface area contributed by atoms with E-state index in [0.717, 1.165) is 5.56 Å². The van der Waals surface area contributed by atoms with Crippen molar-refractivity contribution in [2.75, 3.05) is 13.1 Å². The van der Waals surface area contributed by atoms with Crippen LogP contribution in [-0.4, -0.2) is 33.4 Å². The molecule has 2 aromatic carbocycles. The van der Waals surface area contributed by atoms with Gasteiger partial charge in [0.1, 0.15) is 0 Å². The van der Waals surface area contributed by atoms with Crippen LogP contribution in [0.25, 0.3) is 6.08 Å². The number of fused-ring (bicyclic) bond motifs is 1. The molecule has 1 atom stereocenters. The van der Waals surface area contributed by atoms with Gasteiger partial charge >= 0.3 is 0 Å². The molecule has 8 nitrogen and oxygen atoms in total. The van der Waals surface area contributed by atoms with E-state index in [9.17, 15) is 19.7 Å². The summed E-state index contributed by atoms with van der Waals surface area (Å²) in [6, 6.07) is 12.5. The Kier molecular flexibility index (Phi) is 7.00. The van der Waals surface area contributed by atoms with Crippen molar-refractivity contribution in [2.24, 2.45) is 4.99 Å². The highest BCUT2D eigenvalue weighted by Gasteiger charge is 2.34. The van der Waals surface area contributed by atoms with Crippen molar-refractivity contribution >= 4 is 40.6 Å². The number of benzene rings is 2. The van der Waals surface area contributed by atoms with Crippen molar-refractivity contribution < 1.29 is 9.72 Å². The predicted octanol–water partition coefficient (Wildman–Crippen LogP) is 3.67. The van der Waals surface area contributed by atoms with Gasteiger partial charge in [0.05, 0.1) is 26.8 Å². The van der Waals surface area contributed by atoms with Crippen molar-refractivity contribution in [1.29, 1.82) is 0 Å². The molecule has 35 heavy (non-hydrogen) atoms. The number of aromatic nitrogens is 1. The summed E-state index contributed by atoms with van der Waals surface area (Å²) >= 11 is 7.29. The van der Waals surface area contributed by atoms with E-state index in [0.29, 0.717) is 44.3 Å². The van der Waals surface area contributed by atoms with Crippen LogP contribution in [0.2, 0.25) is 5.02 Å². The van der Waals surface area contributed by atoms with Crippen LogP contribution in [-0.2, 0) is 4.79 Å². The van der Waals surface area contributed by atoms with E-state index in [1.165, 1.54) is 28.0 Å². The molecule has 1 aliphatic heterocycles. The lowest BCUT2D eigenvalue weighted by Gasteiger charge is -2.29. The Labute approximate surface area is 210 Å². The van der Waals surface area contributed by atoms with Gasteiger partial charge in [-0.25, -0.2) is 4.99 Å². The van der Waals surface area contributed by atoms with Gasteiger partial charge in [0, 0.05) is 30.2 Å². The minimum Gasteiger partial charge on any atom is -0.339 e. The third-order valence-electron chi connectivity index (χ3n) is 5.87. The van der Waals surface area contributed by atoms with Crippen molar-refractivity contribution in [2.45, 2.75) is 26.8 Å². The summed E-state index contributed by atoms with van der Waals surface area (Å²) in [4.78, 5) is 44.6. The lowest BCUT2D eigenvalue weighted by atomic mass is 9.94. The van der Waals surface area contributed by atoms with E-state index < -0.39 is 11.0 Å². The zero-order valence-electron chi connectivity index (χ0n) is 19.4. The highest BCUT2D eigenvalue weighted by Crippen LogP contribution is 2.31. The number of hydrogen-bond acceptors (Lipinski definition) is 6. The van der Waals surface area contributed by atoms with Gasteiger partial charge in [-0.3, -0.25) is 24.3 Å². The molecule has 0 aliphatic carbocycles. The Balaban J connectivity index is 1.95. The first-order chi connectivity index (χ1) is 16.7. The number of amides is 1. The number of carbonyl (C=O) groups excluding carboxylic acids is 1. The third kappa shape index (κ3) is 4.69. The summed E-state index contributed by atoms with van der Waals surface area (Å²) < 4.78 is 1.90. The molecule has 0 bridgehead atoms. The molecule has 0 spiro atoms. The molecule has 0 saturated heterocycles. The van der Waals surface area contributed by atoms with Crippen LogP contribution < -0.4 is 14.9 Å². The number of non-ortho nitro benzene ring substituents is 1. The second-order valence-corrected chi connectivity index (χ2v) is 9.41. The molecule has 0 fully saturated rings.